The van der Waals surface area contributed by atoms with E-state index < -0.39 is 46.9 Å². The number of amides is 2. The molecule has 0 aliphatic rings. The van der Waals surface area contributed by atoms with Crippen molar-refractivity contribution in [1.29, 1.82) is 0 Å². The van der Waals surface area contributed by atoms with Gasteiger partial charge in [0.1, 0.15) is 21.4 Å². The number of pyridine rings is 1. The summed E-state index contributed by atoms with van der Waals surface area (Å²) in [5, 5.41) is 9.61. The molecule has 4 aromatic heterocycles. The highest BCUT2D eigenvalue weighted by molar-refractivity contribution is 7.21. The van der Waals surface area contributed by atoms with E-state index in [0.717, 1.165) is 10.7 Å². The predicted molar refractivity (Wildman–Crippen MR) is 130 cm³/mol. The van der Waals surface area contributed by atoms with Crippen molar-refractivity contribution in [2.75, 3.05) is 5.32 Å². The van der Waals surface area contributed by atoms with Crippen molar-refractivity contribution in [1.82, 2.24) is 24.5 Å². The van der Waals surface area contributed by atoms with Gasteiger partial charge in [0.05, 0.1) is 22.6 Å². The molecule has 4 rings (SSSR count). The minimum atomic E-state index is -4.85. The van der Waals surface area contributed by atoms with Gasteiger partial charge in [-0.25, -0.2) is 13.8 Å². The van der Waals surface area contributed by atoms with Gasteiger partial charge in [0.15, 0.2) is 5.69 Å². The van der Waals surface area contributed by atoms with Crippen LogP contribution in [0.3, 0.4) is 0 Å². The second kappa shape index (κ2) is 9.62. The molecule has 202 valence electrons. The smallest absolute Gasteiger partial charge is 0.365 e. The van der Waals surface area contributed by atoms with Crippen LogP contribution < -0.4 is 11.1 Å². The molecule has 3 N–H and O–H groups in total. The minimum absolute atomic E-state index is 0.00419. The Labute approximate surface area is 220 Å². The summed E-state index contributed by atoms with van der Waals surface area (Å²) in [6.07, 6.45) is -6.36. The van der Waals surface area contributed by atoms with E-state index in [1.165, 1.54) is 24.7 Å². The number of nitrogens with one attached hydrogen (secondary N) is 1. The minimum Gasteiger partial charge on any atom is -0.365 e. The number of aromatic nitrogens is 5. The molecule has 0 bridgehead atoms. The third-order valence-electron chi connectivity index (χ3n) is 5.99. The van der Waals surface area contributed by atoms with Gasteiger partial charge in [0, 0.05) is 23.7 Å². The van der Waals surface area contributed by atoms with E-state index >= 15 is 0 Å². The molecular weight excluding hydrogens is 557 g/mol. The lowest BCUT2D eigenvalue weighted by Crippen LogP contribution is -2.26. The summed E-state index contributed by atoms with van der Waals surface area (Å²) in [6, 6.07) is -0.197. The molecule has 16 heteroatoms. The normalized spacial score (nSPS) is 12.9. The molecule has 0 aliphatic heterocycles. The molecule has 0 saturated carbocycles. The predicted octanol–water partition coefficient (Wildman–Crippen LogP) is 5.42. The molecule has 1 atom stereocenters. The molecule has 2 amide bonds. The Balaban J connectivity index is 1.88. The Bertz CT molecular complexity index is 1590. The van der Waals surface area contributed by atoms with Crippen LogP contribution in [0.2, 0.25) is 5.02 Å². The number of anilines is 1. The Hall–Kier alpha value is -3.59. The number of thiophene rings is 1. The first kappa shape index (κ1) is 27.4. The van der Waals surface area contributed by atoms with E-state index in [1.807, 2.05) is 0 Å². The summed E-state index contributed by atoms with van der Waals surface area (Å²) >= 11 is 6.50. The first-order chi connectivity index (χ1) is 17.6. The number of primary amides is 1. The van der Waals surface area contributed by atoms with E-state index in [-0.39, 0.29) is 32.0 Å². The SMILES string of the molecule is Cc1c(-c2cc(C(F)F)nc3sc(C(N)=O)c(NC(=O)C(C)n4nc(C(F)(F)F)c(Cl)c4C)c23)cnn1C. The van der Waals surface area contributed by atoms with Crippen molar-refractivity contribution >= 4 is 50.7 Å². The number of carbonyl (C=O) groups excluding carboxylic acids is 2. The van der Waals surface area contributed by atoms with Gasteiger partial charge in [-0.05, 0) is 32.4 Å². The van der Waals surface area contributed by atoms with E-state index in [4.69, 9.17) is 17.3 Å². The molecular formula is C22H19ClF5N7O2S. The standard InChI is InChI=1S/C22H19ClF5N7O2S/c1-7-11(6-30-34(7)4)10-5-12(18(24)25)31-21-13(10)15(16(38-21)19(29)36)32-20(37)9(3)35-8(2)14(23)17(33-35)22(26,27)28/h5-6,9,18H,1-4H3,(H2,29,36)(H,32,37). The van der Waals surface area contributed by atoms with Gasteiger partial charge in [-0.3, -0.25) is 19.0 Å². The second-order valence-corrected chi connectivity index (χ2v) is 9.75. The maximum absolute atomic E-state index is 13.7. The van der Waals surface area contributed by atoms with Gasteiger partial charge < -0.3 is 11.1 Å². The Morgan fingerprint density at radius 3 is 2.34 bits per heavy atom. The van der Waals surface area contributed by atoms with Crippen LogP contribution >= 0.6 is 22.9 Å². The van der Waals surface area contributed by atoms with E-state index in [2.05, 4.69) is 20.5 Å². The monoisotopic (exact) mass is 575 g/mol. The first-order valence-corrected chi connectivity index (χ1v) is 12.0. The van der Waals surface area contributed by atoms with Crippen LogP contribution in [0.4, 0.5) is 27.6 Å². The first-order valence-electron chi connectivity index (χ1n) is 10.8. The second-order valence-electron chi connectivity index (χ2n) is 8.37. The van der Waals surface area contributed by atoms with Crippen molar-refractivity contribution in [2.24, 2.45) is 12.8 Å². The summed E-state index contributed by atoms with van der Waals surface area (Å²) in [7, 11) is 1.64. The maximum Gasteiger partial charge on any atom is 0.436 e. The molecule has 9 nitrogen and oxygen atoms in total. The zero-order valence-electron chi connectivity index (χ0n) is 20.1. The molecule has 0 saturated heterocycles. The van der Waals surface area contributed by atoms with Crippen molar-refractivity contribution < 1.29 is 31.5 Å². The lowest BCUT2D eigenvalue weighted by atomic mass is 10.0. The highest BCUT2D eigenvalue weighted by Crippen LogP contribution is 2.43. The molecule has 0 radical (unpaired) electrons. The Morgan fingerprint density at radius 1 is 1.18 bits per heavy atom. The molecule has 0 aliphatic carbocycles. The van der Waals surface area contributed by atoms with Crippen molar-refractivity contribution in [3.8, 4) is 11.1 Å². The van der Waals surface area contributed by atoms with Gasteiger partial charge in [-0.2, -0.15) is 23.4 Å². The van der Waals surface area contributed by atoms with Gasteiger partial charge in [0.2, 0.25) is 5.91 Å². The third kappa shape index (κ3) is 4.60. The highest BCUT2D eigenvalue weighted by atomic mass is 35.5. The fourth-order valence-electron chi connectivity index (χ4n) is 3.89. The molecule has 4 aromatic rings. The molecule has 0 aromatic carbocycles. The largest absolute Gasteiger partial charge is 0.436 e. The van der Waals surface area contributed by atoms with Crippen LogP contribution in [0.5, 0.6) is 0 Å². The molecule has 1 unspecified atom stereocenters. The van der Waals surface area contributed by atoms with E-state index in [0.29, 0.717) is 22.6 Å². The topological polar surface area (TPSA) is 121 Å². The molecule has 4 heterocycles. The number of carbonyl (C=O) groups is 2. The fraction of sp³-hybridized carbons (Fsp3) is 0.318. The van der Waals surface area contributed by atoms with Gasteiger partial charge in [-0.15, -0.1) is 11.3 Å². The summed E-state index contributed by atoms with van der Waals surface area (Å²) in [4.78, 5) is 29.3. The number of hydrogen-bond donors (Lipinski definition) is 2. The molecule has 38 heavy (non-hydrogen) atoms. The number of fused-ring (bicyclic) bond motifs is 1. The zero-order chi connectivity index (χ0) is 28.3. The Kier molecular flexibility index (Phi) is 6.95. The van der Waals surface area contributed by atoms with Crippen molar-refractivity contribution in [2.45, 2.75) is 39.4 Å². The van der Waals surface area contributed by atoms with Gasteiger partial charge >= 0.3 is 6.18 Å². The number of nitrogens with two attached hydrogens (primary N) is 1. The maximum atomic E-state index is 13.7. The van der Waals surface area contributed by atoms with E-state index in [9.17, 15) is 31.5 Å². The lowest BCUT2D eigenvalue weighted by Gasteiger charge is -2.16. The van der Waals surface area contributed by atoms with Crippen LogP contribution in [0, 0.1) is 13.8 Å². The average Bonchev–Trinajstić information content (AvgIpc) is 3.46. The number of nitrogens with zero attached hydrogens (tertiary/aromatic N) is 5. The van der Waals surface area contributed by atoms with Gasteiger partial charge in [0.25, 0.3) is 12.3 Å². The fourth-order valence-corrected chi connectivity index (χ4v) is 5.14. The number of rotatable bonds is 6. The van der Waals surface area contributed by atoms with Crippen molar-refractivity contribution in [3.05, 3.63) is 44.9 Å². The number of alkyl halides is 5. The van der Waals surface area contributed by atoms with Crippen LogP contribution in [0.15, 0.2) is 12.3 Å². The number of aryl methyl sites for hydroxylation is 1. The van der Waals surface area contributed by atoms with Gasteiger partial charge in [-0.1, -0.05) is 11.6 Å². The summed E-state index contributed by atoms with van der Waals surface area (Å²) in [6.45, 7) is 4.24. The van der Waals surface area contributed by atoms with E-state index in [1.54, 1.807) is 14.0 Å². The van der Waals surface area contributed by atoms with Crippen LogP contribution in [0.1, 0.15) is 51.8 Å². The number of halogens is 6. The average molecular weight is 576 g/mol. The summed E-state index contributed by atoms with van der Waals surface area (Å²) < 4.78 is 69.5. The number of hydrogen-bond acceptors (Lipinski definition) is 6. The van der Waals surface area contributed by atoms with Crippen LogP contribution in [-0.2, 0) is 18.0 Å². The summed E-state index contributed by atoms with van der Waals surface area (Å²) in [5.41, 5.74) is 4.61. The quantitative estimate of drug-likeness (QED) is 0.298. The van der Waals surface area contributed by atoms with Crippen LogP contribution in [-0.4, -0.2) is 36.4 Å². The lowest BCUT2D eigenvalue weighted by molar-refractivity contribution is -0.141. The highest BCUT2D eigenvalue weighted by Gasteiger charge is 2.39. The summed E-state index contributed by atoms with van der Waals surface area (Å²) in [5.74, 6) is -1.84. The van der Waals surface area contributed by atoms with Crippen molar-refractivity contribution in [3.63, 3.8) is 0 Å². The molecule has 0 fully saturated rings. The third-order valence-corrected chi connectivity index (χ3v) is 7.55. The van der Waals surface area contributed by atoms with Crippen LogP contribution in [0.25, 0.3) is 21.3 Å². The zero-order valence-corrected chi connectivity index (χ0v) is 21.7. The molecule has 0 spiro atoms. The Morgan fingerprint density at radius 2 is 1.84 bits per heavy atom.